The summed E-state index contributed by atoms with van der Waals surface area (Å²) in [6.07, 6.45) is 9.66. The molecular formula is C31H44O8. The monoisotopic (exact) mass is 544 g/mol. The van der Waals surface area contributed by atoms with Crippen LogP contribution in [0.25, 0.3) is 0 Å². The van der Waals surface area contributed by atoms with Gasteiger partial charge in [0.25, 0.3) is 0 Å². The zero-order valence-electron chi connectivity index (χ0n) is 23.8. The minimum Gasteiger partial charge on any atom is -0.457 e. The standard InChI is InChI=1S/C31H44O8/c1-5-7-8-16-37-28(36)39-31(25(34)19-38-26(35)9-6-2)15-13-23-22-11-10-20-17-21(32)12-14-29(20,3)27(22)24(33)18-30(23,31)4/h12,14,17,22-24,27,33H,5-11,13,15-16,18-19H2,1-4H3/t22-,23-,24?,27+,29-,30-,31-/m0/s1. The number of fused-ring (bicyclic) bond motifs is 5. The molecule has 0 bridgehead atoms. The number of carbonyl (C=O) groups is 4. The van der Waals surface area contributed by atoms with Gasteiger partial charge in [-0.3, -0.25) is 14.4 Å². The van der Waals surface area contributed by atoms with Crippen LogP contribution in [0.1, 0.15) is 91.9 Å². The van der Waals surface area contributed by atoms with Crippen molar-refractivity contribution in [3.05, 3.63) is 23.8 Å². The second-order valence-electron chi connectivity index (χ2n) is 12.3. The molecule has 0 amide bonds. The van der Waals surface area contributed by atoms with Gasteiger partial charge in [0, 0.05) is 23.2 Å². The average Bonchev–Trinajstić information content (AvgIpc) is 3.17. The number of carbonyl (C=O) groups excluding carboxylic acids is 4. The van der Waals surface area contributed by atoms with Gasteiger partial charge in [-0.2, -0.15) is 0 Å². The summed E-state index contributed by atoms with van der Waals surface area (Å²) >= 11 is 0. The highest BCUT2D eigenvalue weighted by molar-refractivity contribution is 6.01. The molecule has 4 aliphatic carbocycles. The summed E-state index contributed by atoms with van der Waals surface area (Å²) in [5, 5.41) is 11.7. The van der Waals surface area contributed by atoms with Crippen LogP contribution < -0.4 is 0 Å². The number of ether oxygens (including phenoxy) is 3. The molecule has 8 nitrogen and oxygen atoms in total. The van der Waals surface area contributed by atoms with Crippen molar-refractivity contribution in [2.75, 3.05) is 13.2 Å². The van der Waals surface area contributed by atoms with Gasteiger partial charge in [-0.05, 0) is 68.9 Å². The first-order valence-corrected chi connectivity index (χ1v) is 14.7. The maximum absolute atomic E-state index is 13.9. The summed E-state index contributed by atoms with van der Waals surface area (Å²) in [6.45, 7) is 7.66. The van der Waals surface area contributed by atoms with Crippen molar-refractivity contribution < 1.29 is 38.5 Å². The van der Waals surface area contributed by atoms with Crippen LogP contribution >= 0.6 is 0 Å². The van der Waals surface area contributed by atoms with Crippen molar-refractivity contribution in [1.82, 2.24) is 0 Å². The maximum Gasteiger partial charge on any atom is 0.509 e. The summed E-state index contributed by atoms with van der Waals surface area (Å²) in [5.74, 6) is -0.999. The van der Waals surface area contributed by atoms with Crippen LogP contribution in [0.5, 0.6) is 0 Å². The van der Waals surface area contributed by atoms with Crippen LogP contribution in [0.4, 0.5) is 4.79 Å². The molecule has 0 aromatic carbocycles. The third-order valence-electron chi connectivity index (χ3n) is 10.1. The van der Waals surface area contributed by atoms with Crippen LogP contribution in [0, 0.1) is 28.6 Å². The highest BCUT2D eigenvalue weighted by atomic mass is 16.7. The highest BCUT2D eigenvalue weighted by Gasteiger charge is 2.70. The Kier molecular flexibility index (Phi) is 8.74. The minimum atomic E-state index is -1.56. The summed E-state index contributed by atoms with van der Waals surface area (Å²) < 4.78 is 16.7. The van der Waals surface area contributed by atoms with Gasteiger partial charge in [-0.1, -0.05) is 52.2 Å². The second kappa shape index (κ2) is 11.6. The average molecular weight is 545 g/mol. The topological polar surface area (TPSA) is 116 Å². The van der Waals surface area contributed by atoms with E-state index in [-0.39, 0.29) is 49.4 Å². The van der Waals surface area contributed by atoms with Crippen molar-refractivity contribution in [2.45, 2.75) is 104 Å². The van der Waals surface area contributed by atoms with Crippen molar-refractivity contribution >= 4 is 23.7 Å². The number of aliphatic hydroxyl groups excluding tert-OH is 1. The molecule has 4 rings (SSSR count). The molecule has 0 aromatic rings. The van der Waals surface area contributed by atoms with Gasteiger partial charge in [0.1, 0.15) is 0 Å². The van der Waals surface area contributed by atoms with E-state index in [4.69, 9.17) is 14.2 Å². The van der Waals surface area contributed by atoms with Crippen LogP contribution in [-0.4, -0.2) is 53.7 Å². The second-order valence-corrected chi connectivity index (χ2v) is 12.3. The third-order valence-corrected chi connectivity index (χ3v) is 10.1. The number of unbranched alkanes of at least 4 members (excludes halogenated alkanes) is 2. The van der Waals surface area contributed by atoms with Crippen LogP contribution in [0.3, 0.4) is 0 Å². The van der Waals surface area contributed by atoms with Gasteiger partial charge >= 0.3 is 12.1 Å². The predicted molar refractivity (Wildman–Crippen MR) is 144 cm³/mol. The quantitative estimate of drug-likeness (QED) is 0.292. The molecule has 4 aliphatic rings. The minimum absolute atomic E-state index is 0.00140. The van der Waals surface area contributed by atoms with Gasteiger partial charge in [0.05, 0.1) is 12.7 Å². The molecule has 1 N–H and O–H groups in total. The van der Waals surface area contributed by atoms with E-state index in [0.29, 0.717) is 19.3 Å². The molecular weight excluding hydrogens is 500 g/mol. The molecule has 0 aromatic heterocycles. The van der Waals surface area contributed by atoms with E-state index in [1.54, 1.807) is 12.2 Å². The lowest BCUT2D eigenvalue weighted by atomic mass is 9.46. The molecule has 216 valence electrons. The number of rotatable bonds is 10. The molecule has 0 aliphatic heterocycles. The number of allylic oxidation sites excluding steroid dienone is 4. The lowest BCUT2D eigenvalue weighted by Gasteiger charge is -2.59. The lowest BCUT2D eigenvalue weighted by molar-refractivity contribution is -0.186. The molecule has 0 spiro atoms. The van der Waals surface area contributed by atoms with E-state index in [1.165, 1.54) is 0 Å². The number of esters is 1. The first-order chi connectivity index (χ1) is 18.5. The lowest BCUT2D eigenvalue weighted by Crippen LogP contribution is -2.63. The molecule has 0 saturated heterocycles. The Hall–Kier alpha value is -2.48. The number of ketones is 2. The van der Waals surface area contributed by atoms with Crippen molar-refractivity contribution in [2.24, 2.45) is 28.6 Å². The molecule has 1 unspecified atom stereocenters. The largest absolute Gasteiger partial charge is 0.509 e. The van der Waals surface area contributed by atoms with Crippen molar-refractivity contribution in [3.8, 4) is 0 Å². The van der Waals surface area contributed by atoms with Gasteiger partial charge in [0.15, 0.2) is 18.0 Å². The Bertz CT molecular complexity index is 1050. The van der Waals surface area contributed by atoms with Gasteiger partial charge in [-0.25, -0.2) is 4.79 Å². The zero-order chi connectivity index (χ0) is 28.4. The van der Waals surface area contributed by atoms with E-state index in [9.17, 15) is 24.3 Å². The fourth-order valence-corrected chi connectivity index (χ4v) is 8.21. The molecule has 39 heavy (non-hydrogen) atoms. The smallest absolute Gasteiger partial charge is 0.457 e. The fourth-order valence-electron chi connectivity index (χ4n) is 8.21. The number of Topliss-reactive ketones (excluding diaryl/α,β-unsaturated/α-hetero) is 1. The normalized spacial score (nSPS) is 36.7. The Morgan fingerprint density at radius 3 is 2.56 bits per heavy atom. The number of aliphatic hydroxyl groups is 1. The Morgan fingerprint density at radius 2 is 1.85 bits per heavy atom. The molecule has 0 radical (unpaired) electrons. The maximum atomic E-state index is 13.9. The van der Waals surface area contributed by atoms with E-state index in [2.05, 4.69) is 13.8 Å². The van der Waals surface area contributed by atoms with Crippen molar-refractivity contribution in [1.29, 1.82) is 0 Å². The summed E-state index contributed by atoms with van der Waals surface area (Å²) in [7, 11) is 0. The molecule has 3 fully saturated rings. The van der Waals surface area contributed by atoms with Gasteiger partial charge in [-0.15, -0.1) is 0 Å². The van der Waals surface area contributed by atoms with Gasteiger partial charge < -0.3 is 19.3 Å². The zero-order valence-corrected chi connectivity index (χ0v) is 23.8. The molecule has 8 heteroatoms. The first-order valence-electron chi connectivity index (χ1n) is 14.7. The van der Waals surface area contributed by atoms with E-state index >= 15 is 0 Å². The number of hydrogen-bond acceptors (Lipinski definition) is 8. The van der Waals surface area contributed by atoms with Gasteiger partial charge in [0.2, 0.25) is 5.78 Å². The molecule has 0 heterocycles. The van der Waals surface area contributed by atoms with E-state index in [0.717, 1.165) is 31.3 Å². The number of hydrogen-bond donors (Lipinski definition) is 1. The van der Waals surface area contributed by atoms with Crippen molar-refractivity contribution in [3.63, 3.8) is 0 Å². The Morgan fingerprint density at radius 1 is 1.08 bits per heavy atom. The molecule has 3 saturated carbocycles. The summed E-state index contributed by atoms with van der Waals surface area (Å²) in [4.78, 5) is 51.0. The summed E-state index contributed by atoms with van der Waals surface area (Å²) in [5.41, 5.74) is -1.82. The van der Waals surface area contributed by atoms with E-state index in [1.807, 2.05) is 19.9 Å². The third kappa shape index (κ3) is 5.21. The molecule has 7 atom stereocenters. The van der Waals surface area contributed by atoms with Crippen LogP contribution in [-0.2, 0) is 28.6 Å². The highest BCUT2D eigenvalue weighted by Crippen LogP contribution is 2.68. The summed E-state index contributed by atoms with van der Waals surface area (Å²) in [6, 6.07) is 0. The van der Waals surface area contributed by atoms with E-state index < -0.39 is 47.0 Å². The Balaban J connectivity index is 1.64. The van der Waals surface area contributed by atoms with Crippen LogP contribution in [0.15, 0.2) is 23.8 Å². The first kappa shape index (κ1) is 29.5. The Labute approximate surface area is 231 Å². The van der Waals surface area contributed by atoms with Crippen LogP contribution in [0.2, 0.25) is 0 Å². The SMILES string of the molecule is CCCCCOC(=O)O[C@]1(C(=O)COC(=O)CCC)CC[C@H]2[C@@H]3CCC4=CC(=O)C=C[C@]4(C)[C@H]3C(O)C[C@@]21C. The fraction of sp³-hybridized carbons (Fsp3) is 0.742. The predicted octanol–water partition coefficient (Wildman–Crippen LogP) is 5.26.